The van der Waals surface area contributed by atoms with Crippen LogP contribution in [0.3, 0.4) is 0 Å². The van der Waals surface area contributed by atoms with Gasteiger partial charge in [0.05, 0.1) is 0 Å². The summed E-state index contributed by atoms with van der Waals surface area (Å²) in [7, 11) is 0. The van der Waals surface area contributed by atoms with Gasteiger partial charge >= 0.3 is 0 Å². The fourth-order valence-corrected chi connectivity index (χ4v) is 5.93. The Labute approximate surface area is 250 Å². The van der Waals surface area contributed by atoms with E-state index >= 15 is 0 Å². The van der Waals surface area contributed by atoms with Crippen LogP contribution < -0.4 is 4.90 Å². The van der Waals surface area contributed by atoms with Crippen LogP contribution in [-0.2, 0) is 0 Å². The Morgan fingerprint density at radius 1 is 0.419 bits per heavy atom. The number of hydrogen-bond donors (Lipinski definition) is 0. The molecule has 0 aliphatic rings. The van der Waals surface area contributed by atoms with Crippen LogP contribution in [0.2, 0.25) is 0 Å². The lowest BCUT2D eigenvalue weighted by Crippen LogP contribution is -2.10. The third-order valence-corrected chi connectivity index (χ3v) is 8.08. The summed E-state index contributed by atoms with van der Waals surface area (Å²) in [4.78, 5) is 2.31. The smallest absolute Gasteiger partial charge is 0.143 e. The highest BCUT2D eigenvalue weighted by molar-refractivity contribution is 6.09. The van der Waals surface area contributed by atoms with Gasteiger partial charge in [-0.1, -0.05) is 91.0 Å². The fourth-order valence-electron chi connectivity index (χ4n) is 5.93. The van der Waals surface area contributed by atoms with Crippen molar-refractivity contribution in [3.05, 3.63) is 170 Å². The zero-order chi connectivity index (χ0) is 28.6. The van der Waals surface area contributed by atoms with Gasteiger partial charge in [-0.05, 0) is 83.4 Å². The number of nitrogens with zero attached hydrogens (tertiary/aromatic N) is 2. The van der Waals surface area contributed by atoms with E-state index in [9.17, 15) is 0 Å². The summed E-state index contributed by atoms with van der Waals surface area (Å²) in [6.45, 7) is 0. The van der Waals surface area contributed by atoms with Gasteiger partial charge in [0.15, 0.2) is 0 Å². The molecule has 0 unspecified atom stereocenters. The Hall–Kier alpha value is -5.80. The van der Waals surface area contributed by atoms with Crippen LogP contribution in [0.4, 0.5) is 17.1 Å². The summed E-state index contributed by atoms with van der Waals surface area (Å²) in [6, 6.07) is 55.5. The van der Waals surface area contributed by atoms with Crippen molar-refractivity contribution < 1.29 is 4.42 Å². The molecule has 204 valence electrons. The van der Waals surface area contributed by atoms with E-state index in [1.807, 2.05) is 24.3 Å². The second-order valence-corrected chi connectivity index (χ2v) is 10.7. The molecule has 0 N–H and O–H groups in total. The van der Waals surface area contributed by atoms with Crippen molar-refractivity contribution in [2.45, 2.75) is 0 Å². The molecule has 6 aromatic carbocycles. The number of fused-ring (bicyclic) bond motifs is 3. The fraction of sp³-hybridized carbons (Fsp3) is 0. The van der Waals surface area contributed by atoms with Gasteiger partial charge in [0.2, 0.25) is 0 Å². The normalized spacial score (nSPS) is 11.3. The maximum absolute atomic E-state index is 6.33. The molecule has 2 heterocycles. The number of furan rings is 1. The van der Waals surface area contributed by atoms with E-state index in [1.54, 1.807) is 0 Å². The van der Waals surface area contributed by atoms with Gasteiger partial charge in [0.25, 0.3) is 0 Å². The van der Waals surface area contributed by atoms with E-state index in [0.717, 1.165) is 55.8 Å². The van der Waals surface area contributed by atoms with Crippen LogP contribution in [0.5, 0.6) is 0 Å². The molecule has 3 heteroatoms. The molecule has 43 heavy (non-hydrogen) atoms. The minimum Gasteiger partial charge on any atom is -0.455 e. The predicted octanol–water partition coefficient (Wildman–Crippen LogP) is 11.2. The molecule has 0 aliphatic heterocycles. The quantitative estimate of drug-likeness (QED) is 0.205. The monoisotopic (exact) mass is 552 g/mol. The van der Waals surface area contributed by atoms with Gasteiger partial charge in [0.1, 0.15) is 11.2 Å². The van der Waals surface area contributed by atoms with Crippen molar-refractivity contribution in [3.8, 4) is 27.9 Å². The standard InChI is InChI=1S/C40H28N2O/c1-2-9-29(10-3-1)30-15-19-33(20-16-30)42(35-25-23-32(24-26-35)41-27-6-7-28-41)34-21-17-31(18-22-34)36-12-8-13-38-37-11-4-5-14-39(37)43-40(36)38/h1-28H. The molecule has 0 radical (unpaired) electrons. The highest BCUT2D eigenvalue weighted by atomic mass is 16.3. The number of rotatable bonds is 6. The zero-order valence-corrected chi connectivity index (χ0v) is 23.5. The lowest BCUT2D eigenvalue weighted by molar-refractivity contribution is 0.670. The minimum atomic E-state index is 0.912. The lowest BCUT2D eigenvalue weighted by atomic mass is 10.0. The second kappa shape index (κ2) is 10.6. The topological polar surface area (TPSA) is 21.3 Å². The van der Waals surface area contributed by atoms with Crippen LogP contribution in [0.1, 0.15) is 0 Å². The van der Waals surface area contributed by atoms with Gasteiger partial charge in [0, 0.05) is 51.5 Å². The molecule has 3 nitrogen and oxygen atoms in total. The number of hydrogen-bond acceptors (Lipinski definition) is 2. The average Bonchev–Trinajstić information content (AvgIpc) is 3.75. The van der Waals surface area contributed by atoms with E-state index in [2.05, 4.69) is 155 Å². The molecular formula is C40H28N2O. The van der Waals surface area contributed by atoms with Gasteiger partial charge in [-0.3, -0.25) is 0 Å². The third kappa shape index (κ3) is 4.58. The van der Waals surface area contributed by atoms with Crippen molar-refractivity contribution in [2.75, 3.05) is 4.90 Å². The van der Waals surface area contributed by atoms with Gasteiger partial charge in [-0.25, -0.2) is 0 Å². The maximum atomic E-state index is 6.33. The number of aromatic nitrogens is 1. The Balaban J connectivity index is 1.20. The van der Waals surface area contributed by atoms with E-state index in [-0.39, 0.29) is 0 Å². The Morgan fingerprint density at radius 3 is 1.67 bits per heavy atom. The molecule has 0 amide bonds. The Kier molecular flexibility index (Phi) is 6.12. The largest absolute Gasteiger partial charge is 0.455 e. The summed E-state index contributed by atoms with van der Waals surface area (Å²) in [5, 5.41) is 2.28. The highest BCUT2D eigenvalue weighted by Gasteiger charge is 2.15. The number of para-hydroxylation sites is 2. The summed E-state index contributed by atoms with van der Waals surface area (Å²) in [6.07, 6.45) is 4.13. The first-order chi connectivity index (χ1) is 21.3. The summed E-state index contributed by atoms with van der Waals surface area (Å²) < 4.78 is 8.45. The van der Waals surface area contributed by atoms with Crippen LogP contribution >= 0.6 is 0 Å². The van der Waals surface area contributed by atoms with Crippen molar-refractivity contribution in [1.82, 2.24) is 4.57 Å². The molecule has 0 saturated heterocycles. The van der Waals surface area contributed by atoms with Crippen molar-refractivity contribution in [1.29, 1.82) is 0 Å². The van der Waals surface area contributed by atoms with E-state index in [0.29, 0.717) is 0 Å². The maximum Gasteiger partial charge on any atom is 0.143 e. The summed E-state index contributed by atoms with van der Waals surface area (Å²) in [5.74, 6) is 0. The summed E-state index contributed by atoms with van der Waals surface area (Å²) >= 11 is 0. The van der Waals surface area contributed by atoms with Gasteiger partial charge in [-0.15, -0.1) is 0 Å². The molecule has 8 aromatic rings. The van der Waals surface area contributed by atoms with Crippen molar-refractivity contribution >= 4 is 39.0 Å². The van der Waals surface area contributed by atoms with Crippen LogP contribution in [0, 0.1) is 0 Å². The van der Waals surface area contributed by atoms with Gasteiger partial charge in [-0.2, -0.15) is 0 Å². The molecule has 0 atom stereocenters. The molecule has 0 aliphatic carbocycles. The van der Waals surface area contributed by atoms with E-state index in [4.69, 9.17) is 4.42 Å². The minimum absolute atomic E-state index is 0.912. The van der Waals surface area contributed by atoms with Crippen LogP contribution in [0.25, 0.3) is 49.9 Å². The van der Waals surface area contributed by atoms with E-state index < -0.39 is 0 Å². The van der Waals surface area contributed by atoms with Gasteiger partial charge < -0.3 is 13.9 Å². The molecule has 2 aromatic heterocycles. The van der Waals surface area contributed by atoms with Crippen molar-refractivity contribution in [2.24, 2.45) is 0 Å². The van der Waals surface area contributed by atoms with E-state index in [1.165, 1.54) is 11.1 Å². The third-order valence-electron chi connectivity index (χ3n) is 8.08. The number of benzene rings is 6. The highest BCUT2D eigenvalue weighted by Crippen LogP contribution is 2.39. The lowest BCUT2D eigenvalue weighted by Gasteiger charge is -2.26. The predicted molar refractivity (Wildman–Crippen MR) is 179 cm³/mol. The molecule has 0 bridgehead atoms. The average molecular weight is 553 g/mol. The Bertz CT molecular complexity index is 2140. The first-order valence-corrected chi connectivity index (χ1v) is 14.5. The van der Waals surface area contributed by atoms with Crippen LogP contribution in [-0.4, -0.2) is 4.57 Å². The zero-order valence-electron chi connectivity index (χ0n) is 23.5. The molecule has 8 rings (SSSR count). The molecule has 0 saturated carbocycles. The first kappa shape index (κ1) is 25.0. The van der Waals surface area contributed by atoms with Crippen LogP contribution in [0.15, 0.2) is 175 Å². The second-order valence-electron chi connectivity index (χ2n) is 10.7. The first-order valence-electron chi connectivity index (χ1n) is 14.5. The summed E-state index contributed by atoms with van der Waals surface area (Å²) in [5.41, 5.74) is 10.9. The SMILES string of the molecule is c1ccc(-c2ccc(N(c3ccc(-c4cccc5c4oc4ccccc45)cc3)c3ccc(-n4cccc4)cc3)cc2)cc1. The molecule has 0 spiro atoms. The molecular weight excluding hydrogens is 524 g/mol. The van der Waals surface area contributed by atoms with Crippen molar-refractivity contribution in [3.63, 3.8) is 0 Å². The molecule has 0 fully saturated rings. The number of anilines is 3. The Morgan fingerprint density at radius 2 is 0.977 bits per heavy atom.